The number of anilines is 2. The first-order valence-electron chi connectivity index (χ1n) is 6.70. The van der Waals surface area contributed by atoms with Gasteiger partial charge in [-0.1, -0.05) is 6.92 Å². The van der Waals surface area contributed by atoms with Crippen LogP contribution in [0.2, 0.25) is 0 Å². The third kappa shape index (κ3) is 3.38. The molecule has 0 aliphatic carbocycles. The first-order chi connectivity index (χ1) is 9.22. The van der Waals surface area contributed by atoms with Crippen LogP contribution >= 0.6 is 0 Å². The van der Waals surface area contributed by atoms with E-state index in [1.165, 1.54) is 0 Å². The highest BCUT2D eigenvalue weighted by molar-refractivity contribution is 5.85. The second kappa shape index (κ2) is 6.43. The highest BCUT2D eigenvalue weighted by Crippen LogP contribution is 2.21. The second-order valence-electron chi connectivity index (χ2n) is 4.67. The minimum absolute atomic E-state index is 0.0263. The number of nitrogens with one attached hydrogen (secondary N) is 1. The first kappa shape index (κ1) is 13.7. The zero-order valence-corrected chi connectivity index (χ0v) is 11.3. The summed E-state index contributed by atoms with van der Waals surface area (Å²) in [6, 6.07) is 7.34. The molecule has 1 saturated heterocycles. The molecule has 1 unspecified atom stereocenters. The van der Waals surface area contributed by atoms with Crippen LogP contribution in [-0.4, -0.2) is 38.3 Å². The van der Waals surface area contributed by atoms with E-state index in [0.29, 0.717) is 26.3 Å². The summed E-state index contributed by atoms with van der Waals surface area (Å²) in [5, 5.41) is 2.93. The molecule has 104 valence electrons. The molecule has 19 heavy (non-hydrogen) atoms. The number of morpholine rings is 1. The Morgan fingerprint density at radius 2 is 2.21 bits per heavy atom. The van der Waals surface area contributed by atoms with Gasteiger partial charge in [-0.25, -0.2) is 0 Å². The van der Waals surface area contributed by atoms with Gasteiger partial charge < -0.3 is 20.7 Å². The maximum atomic E-state index is 12.2. The van der Waals surface area contributed by atoms with Crippen molar-refractivity contribution in [1.29, 1.82) is 0 Å². The molecule has 2 rings (SSSR count). The lowest BCUT2D eigenvalue weighted by Gasteiger charge is -2.36. The number of rotatable bonds is 4. The Hall–Kier alpha value is -1.75. The van der Waals surface area contributed by atoms with E-state index in [-0.39, 0.29) is 11.9 Å². The average Bonchev–Trinajstić information content (AvgIpc) is 2.45. The number of hydrogen-bond donors (Lipinski definition) is 2. The van der Waals surface area contributed by atoms with Crippen LogP contribution in [0.4, 0.5) is 11.4 Å². The Morgan fingerprint density at radius 3 is 2.89 bits per heavy atom. The summed E-state index contributed by atoms with van der Waals surface area (Å²) in [5.74, 6) is 0.0263. The Kier molecular flexibility index (Phi) is 4.63. The molecule has 5 heteroatoms. The molecule has 1 atom stereocenters. The van der Waals surface area contributed by atoms with Crippen molar-refractivity contribution in [3.63, 3.8) is 0 Å². The number of hydrogen-bond acceptors (Lipinski definition) is 4. The highest BCUT2D eigenvalue weighted by atomic mass is 16.5. The van der Waals surface area contributed by atoms with Crippen LogP contribution in [0, 0.1) is 0 Å². The van der Waals surface area contributed by atoms with Crippen molar-refractivity contribution >= 4 is 17.3 Å². The third-order valence-electron chi connectivity index (χ3n) is 3.21. The summed E-state index contributed by atoms with van der Waals surface area (Å²) in [7, 11) is 0. The number of nitrogens with zero attached hydrogens (tertiary/aromatic N) is 1. The van der Waals surface area contributed by atoms with Crippen molar-refractivity contribution in [3.8, 4) is 0 Å². The molecule has 3 N–H and O–H groups in total. The molecular weight excluding hydrogens is 242 g/mol. The van der Waals surface area contributed by atoms with Gasteiger partial charge in [0.1, 0.15) is 6.04 Å². The van der Waals surface area contributed by atoms with Crippen LogP contribution in [-0.2, 0) is 9.53 Å². The Labute approximate surface area is 113 Å². The molecule has 1 heterocycles. The van der Waals surface area contributed by atoms with Gasteiger partial charge in [0, 0.05) is 24.5 Å². The van der Waals surface area contributed by atoms with Crippen molar-refractivity contribution in [2.24, 2.45) is 0 Å². The summed E-state index contributed by atoms with van der Waals surface area (Å²) < 4.78 is 5.43. The largest absolute Gasteiger partial charge is 0.399 e. The average molecular weight is 263 g/mol. The van der Waals surface area contributed by atoms with Crippen molar-refractivity contribution in [1.82, 2.24) is 5.32 Å². The van der Waals surface area contributed by atoms with E-state index >= 15 is 0 Å². The normalized spacial score (nSPS) is 19.2. The summed E-state index contributed by atoms with van der Waals surface area (Å²) >= 11 is 0. The highest BCUT2D eigenvalue weighted by Gasteiger charge is 2.29. The quantitative estimate of drug-likeness (QED) is 0.795. The van der Waals surface area contributed by atoms with Gasteiger partial charge in [-0.3, -0.25) is 4.79 Å². The van der Waals surface area contributed by atoms with E-state index in [9.17, 15) is 4.79 Å². The van der Waals surface area contributed by atoms with E-state index in [0.717, 1.165) is 17.8 Å². The molecule has 1 amide bonds. The van der Waals surface area contributed by atoms with Crippen molar-refractivity contribution < 1.29 is 9.53 Å². The zero-order valence-electron chi connectivity index (χ0n) is 11.3. The Balaban J connectivity index is 2.11. The van der Waals surface area contributed by atoms with Gasteiger partial charge in [-0.2, -0.15) is 0 Å². The van der Waals surface area contributed by atoms with Gasteiger partial charge in [-0.05, 0) is 30.7 Å². The maximum absolute atomic E-state index is 12.2. The van der Waals surface area contributed by atoms with E-state index in [1.54, 1.807) is 0 Å². The molecule has 1 fully saturated rings. The number of benzene rings is 1. The van der Waals surface area contributed by atoms with E-state index < -0.39 is 0 Å². The molecule has 0 spiro atoms. The molecule has 1 aromatic carbocycles. The van der Waals surface area contributed by atoms with Crippen LogP contribution < -0.4 is 16.0 Å². The topological polar surface area (TPSA) is 67.6 Å². The Morgan fingerprint density at radius 1 is 1.47 bits per heavy atom. The molecule has 5 nitrogen and oxygen atoms in total. The molecule has 1 aliphatic rings. The van der Waals surface area contributed by atoms with Gasteiger partial charge in [0.2, 0.25) is 5.91 Å². The van der Waals surface area contributed by atoms with E-state index in [4.69, 9.17) is 10.5 Å². The van der Waals surface area contributed by atoms with E-state index in [2.05, 4.69) is 10.2 Å². The first-order valence-corrected chi connectivity index (χ1v) is 6.70. The summed E-state index contributed by atoms with van der Waals surface area (Å²) in [6.45, 7) is 4.52. The number of amides is 1. The SMILES string of the molecule is CCCNC(=O)C1COCCN1c1ccc(N)cc1. The standard InChI is InChI=1S/C14H21N3O2/c1-2-7-16-14(18)13-10-19-9-8-17(13)12-5-3-11(15)4-6-12/h3-6,13H,2,7-10,15H2,1H3,(H,16,18). The summed E-state index contributed by atoms with van der Waals surface area (Å²) in [4.78, 5) is 14.2. The van der Waals surface area contributed by atoms with Crippen molar-refractivity contribution in [2.75, 3.05) is 36.9 Å². The third-order valence-corrected chi connectivity index (χ3v) is 3.21. The lowest BCUT2D eigenvalue weighted by atomic mass is 10.1. The number of nitrogen functional groups attached to an aromatic ring is 1. The van der Waals surface area contributed by atoms with Gasteiger partial charge in [0.15, 0.2) is 0 Å². The monoisotopic (exact) mass is 263 g/mol. The number of carbonyl (C=O) groups excluding carboxylic acids is 1. The minimum Gasteiger partial charge on any atom is -0.399 e. The molecule has 0 aromatic heterocycles. The van der Waals surface area contributed by atoms with Gasteiger partial charge in [0.25, 0.3) is 0 Å². The predicted molar refractivity (Wildman–Crippen MR) is 76.1 cm³/mol. The lowest BCUT2D eigenvalue weighted by molar-refractivity contribution is -0.124. The lowest BCUT2D eigenvalue weighted by Crippen LogP contribution is -2.54. The molecule has 0 bridgehead atoms. The van der Waals surface area contributed by atoms with Crippen molar-refractivity contribution in [3.05, 3.63) is 24.3 Å². The summed E-state index contributed by atoms with van der Waals surface area (Å²) in [6.07, 6.45) is 0.932. The molecule has 1 aliphatic heterocycles. The fourth-order valence-corrected chi connectivity index (χ4v) is 2.16. The fraction of sp³-hybridized carbons (Fsp3) is 0.500. The van der Waals surface area contributed by atoms with Crippen molar-refractivity contribution in [2.45, 2.75) is 19.4 Å². The zero-order chi connectivity index (χ0) is 13.7. The number of nitrogens with two attached hydrogens (primary N) is 1. The molecule has 1 aromatic rings. The minimum atomic E-state index is -0.260. The smallest absolute Gasteiger partial charge is 0.245 e. The molecule has 0 radical (unpaired) electrons. The van der Waals surface area contributed by atoms with Crippen LogP contribution in [0.15, 0.2) is 24.3 Å². The van der Waals surface area contributed by atoms with Crippen LogP contribution in [0.5, 0.6) is 0 Å². The molecular formula is C14H21N3O2. The second-order valence-corrected chi connectivity index (χ2v) is 4.67. The predicted octanol–water partition coefficient (Wildman–Crippen LogP) is 1.00. The van der Waals surface area contributed by atoms with Crippen LogP contribution in [0.3, 0.4) is 0 Å². The maximum Gasteiger partial charge on any atom is 0.245 e. The summed E-state index contributed by atoms with van der Waals surface area (Å²) in [5.41, 5.74) is 7.43. The van der Waals surface area contributed by atoms with Gasteiger partial charge in [-0.15, -0.1) is 0 Å². The number of ether oxygens (including phenoxy) is 1. The van der Waals surface area contributed by atoms with Crippen LogP contribution in [0.1, 0.15) is 13.3 Å². The fourth-order valence-electron chi connectivity index (χ4n) is 2.16. The van der Waals surface area contributed by atoms with Gasteiger partial charge in [0.05, 0.1) is 13.2 Å². The van der Waals surface area contributed by atoms with Crippen LogP contribution in [0.25, 0.3) is 0 Å². The Bertz CT molecular complexity index is 419. The van der Waals surface area contributed by atoms with Gasteiger partial charge >= 0.3 is 0 Å². The van der Waals surface area contributed by atoms with E-state index in [1.807, 2.05) is 31.2 Å². The number of carbonyl (C=O) groups is 1. The molecule has 0 saturated carbocycles.